The predicted octanol–water partition coefficient (Wildman–Crippen LogP) is 1.66. The molecule has 0 spiro atoms. The zero-order chi connectivity index (χ0) is 9.26. The van der Waals surface area contributed by atoms with E-state index in [2.05, 4.69) is 11.9 Å². The molecular weight excluding hydrogens is 166 g/mol. The minimum Gasteiger partial charge on any atom is -0.482 e. The van der Waals surface area contributed by atoms with Crippen LogP contribution in [0.2, 0.25) is 0 Å². The molecule has 1 aliphatic heterocycles. The highest BCUT2D eigenvalue weighted by atomic mass is 16.5. The number of benzene rings is 1. The molecule has 1 aromatic carbocycles. The number of carbonyl (C=O) groups is 1. The molecule has 13 heavy (non-hydrogen) atoms. The van der Waals surface area contributed by atoms with Gasteiger partial charge in [0.25, 0.3) is 5.91 Å². The van der Waals surface area contributed by atoms with Crippen molar-refractivity contribution in [3.05, 3.63) is 30.3 Å². The highest BCUT2D eigenvalue weighted by Crippen LogP contribution is 2.28. The Kier molecular flexibility index (Phi) is 1.77. The molecule has 0 atom stereocenters. The van der Waals surface area contributed by atoms with Crippen molar-refractivity contribution in [2.75, 3.05) is 11.9 Å². The first-order valence-corrected chi connectivity index (χ1v) is 3.99. The molecule has 1 aliphatic rings. The lowest BCUT2D eigenvalue weighted by Crippen LogP contribution is -2.25. The van der Waals surface area contributed by atoms with Crippen molar-refractivity contribution >= 4 is 17.7 Å². The lowest BCUT2D eigenvalue weighted by molar-refractivity contribution is -0.118. The SMILES string of the molecule is C=Cc1ccc2c(c1)OCC(=O)N2. The summed E-state index contributed by atoms with van der Waals surface area (Å²) in [5.74, 6) is 0.593. The molecule has 1 N–H and O–H groups in total. The number of rotatable bonds is 1. The number of amides is 1. The van der Waals surface area contributed by atoms with Crippen molar-refractivity contribution in [2.24, 2.45) is 0 Å². The molecule has 0 unspecified atom stereocenters. The quantitative estimate of drug-likeness (QED) is 0.704. The molecule has 0 aromatic heterocycles. The van der Waals surface area contributed by atoms with Gasteiger partial charge in [-0.15, -0.1) is 0 Å². The van der Waals surface area contributed by atoms with Crippen molar-refractivity contribution in [1.82, 2.24) is 0 Å². The van der Waals surface area contributed by atoms with Crippen LogP contribution in [0.5, 0.6) is 5.75 Å². The van der Waals surface area contributed by atoms with Crippen LogP contribution in [-0.2, 0) is 4.79 Å². The highest BCUT2D eigenvalue weighted by molar-refractivity contribution is 5.95. The predicted molar refractivity (Wildman–Crippen MR) is 50.7 cm³/mol. The Morgan fingerprint density at radius 2 is 2.38 bits per heavy atom. The second-order valence-corrected chi connectivity index (χ2v) is 2.80. The molecule has 66 valence electrons. The molecule has 0 radical (unpaired) electrons. The number of anilines is 1. The van der Waals surface area contributed by atoms with E-state index in [4.69, 9.17) is 4.74 Å². The van der Waals surface area contributed by atoms with E-state index in [1.807, 2.05) is 18.2 Å². The summed E-state index contributed by atoms with van der Waals surface area (Å²) in [6, 6.07) is 5.53. The monoisotopic (exact) mass is 175 g/mol. The average Bonchev–Trinajstić information content (AvgIpc) is 2.17. The fourth-order valence-corrected chi connectivity index (χ4v) is 1.22. The Bertz CT molecular complexity index is 371. The van der Waals surface area contributed by atoms with Gasteiger partial charge in [-0.3, -0.25) is 4.79 Å². The van der Waals surface area contributed by atoms with Crippen LogP contribution < -0.4 is 10.1 Å². The maximum absolute atomic E-state index is 10.9. The van der Waals surface area contributed by atoms with Crippen molar-refractivity contribution in [1.29, 1.82) is 0 Å². The van der Waals surface area contributed by atoms with Crippen molar-refractivity contribution in [2.45, 2.75) is 0 Å². The van der Waals surface area contributed by atoms with Crippen molar-refractivity contribution in [3.8, 4) is 5.75 Å². The molecule has 0 saturated carbocycles. The first-order chi connectivity index (χ1) is 6.29. The molecule has 3 nitrogen and oxygen atoms in total. The molecule has 0 fully saturated rings. The maximum Gasteiger partial charge on any atom is 0.262 e. The summed E-state index contributed by atoms with van der Waals surface area (Å²) in [7, 11) is 0. The minimum atomic E-state index is -0.112. The fourth-order valence-electron chi connectivity index (χ4n) is 1.22. The summed E-state index contributed by atoms with van der Waals surface area (Å²) < 4.78 is 5.22. The lowest BCUT2D eigenvalue weighted by Gasteiger charge is -2.17. The van der Waals surface area contributed by atoms with Gasteiger partial charge < -0.3 is 10.1 Å². The number of nitrogens with one attached hydrogen (secondary N) is 1. The number of fused-ring (bicyclic) bond motifs is 1. The van der Waals surface area contributed by atoms with Crippen LogP contribution in [0.1, 0.15) is 5.56 Å². The van der Waals surface area contributed by atoms with Gasteiger partial charge in [0.05, 0.1) is 5.69 Å². The van der Waals surface area contributed by atoms with Crippen LogP contribution >= 0.6 is 0 Å². The third-order valence-electron chi connectivity index (χ3n) is 1.87. The topological polar surface area (TPSA) is 38.3 Å². The molecule has 0 saturated heterocycles. The number of ether oxygens (including phenoxy) is 1. The molecule has 1 amide bonds. The first-order valence-electron chi connectivity index (χ1n) is 3.99. The van der Waals surface area contributed by atoms with Crippen molar-refractivity contribution < 1.29 is 9.53 Å². The van der Waals surface area contributed by atoms with Gasteiger partial charge in [0.15, 0.2) is 6.61 Å². The van der Waals surface area contributed by atoms with E-state index in [1.165, 1.54) is 0 Å². The molecule has 0 aliphatic carbocycles. The highest BCUT2D eigenvalue weighted by Gasteiger charge is 2.14. The number of carbonyl (C=O) groups excluding carboxylic acids is 1. The molecule has 1 heterocycles. The van der Waals surface area contributed by atoms with Crippen molar-refractivity contribution in [3.63, 3.8) is 0 Å². The number of hydrogen-bond donors (Lipinski definition) is 1. The van der Waals surface area contributed by atoms with E-state index >= 15 is 0 Å². The van der Waals surface area contributed by atoms with Crippen LogP contribution in [0.15, 0.2) is 24.8 Å². The van der Waals surface area contributed by atoms with E-state index < -0.39 is 0 Å². The zero-order valence-corrected chi connectivity index (χ0v) is 7.04. The van der Waals surface area contributed by atoms with Crippen LogP contribution in [0.25, 0.3) is 6.08 Å². The minimum absolute atomic E-state index is 0.0909. The largest absolute Gasteiger partial charge is 0.482 e. The Hall–Kier alpha value is -1.77. The second kappa shape index (κ2) is 2.94. The molecular formula is C10H9NO2. The van der Waals surface area contributed by atoms with E-state index in [0.717, 1.165) is 11.3 Å². The average molecular weight is 175 g/mol. The Balaban J connectivity index is 2.42. The van der Waals surface area contributed by atoms with Gasteiger partial charge in [-0.1, -0.05) is 18.7 Å². The summed E-state index contributed by atoms with van der Waals surface area (Å²) in [6.45, 7) is 3.74. The van der Waals surface area contributed by atoms with Gasteiger partial charge >= 0.3 is 0 Å². The third-order valence-corrected chi connectivity index (χ3v) is 1.87. The molecule has 2 rings (SSSR count). The fraction of sp³-hybridized carbons (Fsp3) is 0.100. The van der Waals surface area contributed by atoms with Crippen LogP contribution in [0.4, 0.5) is 5.69 Å². The summed E-state index contributed by atoms with van der Waals surface area (Å²) in [6.07, 6.45) is 1.74. The Morgan fingerprint density at radius 3 is 3.15 bits per heavy atom. The van der Waals surface area contributed by atoms with E-state index in [9.17, 15) is 4.79 Å². The summed E-state index contributed by atoms with van der Waals surface area (Å²) in [5.41, 5.74) is 1.71. The van der Waals surface area contributed by atoms with Gasteiger partial charge in [0.1, 0.15) is 5.75 Å². The summed E-state index contributed by atoms with van der Waals surface area (Å²) >= 11 is 0. The second-order valence-electron chi connectivity index (χ2n) is 2.80. The normalized spacial score (nSPS) is 14.0. The lowest BCUT2D eigenvalue weighted by atomic mass is 10.1. The number of hydrogen-bond acceptors (Lipinski definition) is 2. The van der Waals surface area contributed by atoms with Crippen LogP contribution in [0, 0.1) is 0 Å². The zero-order valence-electron chi connectivity index (χ0n) is 7.04. The van der Waals surface area contributed by atoms with Gasteiger partial charge in [0, 0.05) is 0 Å². The third kappa shape index (κ3) is 1.40. The molecule has 0 bridgehead atoms. The summed E-state index contributed by atoms with van der Waals surface area (Å²) in [4.78, 5) is 10.9. The van der Waals surface area contributed by atoms with Crippen LogP contribution in [-0.4, -0.2) is 12.5 Å². The smallest absolute Gasteiger partial charge is 0.262 e. The Morgan fingerprint density at radius 1 is 1.54 bits per heavy atom. The van der Waals surface area contributed by atoms with Gasteiger partial charge in [-0.05, 0) is 17.7 Å². The van der Waals surface area contributed by atoms with E-state index in [1.54, 1.807) is 6.08 Å². The van der Waals surface area contributed by atoms with E-state index in [-0.39, 0.29) is 12.5 Å². The standard InChI is InChI=1S/C10H9NO2/c1-2-7-3-4-8-9(5-7)13-6-10(12)11-8/h2-5H,1,6H2,(H,11,12). The first kappa shape index (κ1) is 7.86. The van der Waals surface area contributed by atoms with E-state index in [0.29, 0.717) is 5.75 Å². The van der Waals surface area contributed by atoms with Gasteiger partial charge in [-0.25, -0.2) is 0 Å². The molecule has 1 aromatic rings. The van der Waals surface area contributed by atoms with Gasteiger partial charge in [0.2, 0.25) is 0 Å². The summed E-state index contributed by atoms with van der Waals surface area (Å²) in [5, 5.41) is 2.71. The Labute approximate surface area is 76.0 Å². The van der Waals surface area contributed by atoms with Gasteiger partial charge in [-0.2, -0.15) is 0 Å². The molecule has 3 heteroatoms. The van der Waals surface area contributed by atoms with Crippen LogP contribution in [0.3, 0.4) is 0 Å². The maximum atomic E-state index is 10.9.